The first kappa shape index (κ1) is 15.8. The largest absolute Gasteiger partial charge is 0.371 e. The molecule has 0 unspecified atom stereocenters. The Morgan fingerprint density at radius 3 is 2.95 bits per heavy atom. The molecule has 0 amide bonds. The molecule has 0 saturated carbocycles. The SMILES string of the molecule is Cc1nnc([C@H](C)N2CCO[C@H](c3ccc(F)c(Cl)c3)C2)s1. The fourth-order valence-corrected chi connectivity index (χ4v) is 3.55. The van der Waals surface area contributed by atoms with Gasteiger partial charge >= 0.3 is 0 Å². The van der Waals surface area contributed by atoms with Crippen molar-refractivity contribution in [3.63, 3.8) is 0 Å². The summed E-state index contributed by atoms with van der Waals surface area (Å²) in [6.45, 7) is 6.27. The maximum absolute atomic E-state index is 13.3. The minimum absolute atomic E-state index is 0.108. The predicted octanol–water partition coefficient (Wildman–Crippen LogP) is 3.77. The normalized spacial score (nSPS) is 21.0. The van der Waals surface area contributed by atoms with E-state index in [-0.39, 0.29) is 17.2 Å². The molecule has 2 atom stereocenters. The van der Waals surface area contributed by atoms with E-state index in [4.69, 9.17) is 16.3 Å². The highest BCUT2D eigenvalue weighted by Crippen LogP contribution is 2.31. The van der Waals surface area contributed by atoms with Gasteiger partial charge in [0.05, 0.1) is 23.8 Å². The number of aromatic nitrogens is 2. The van der Waals surface area contributed by atoms with Gasteiger partial charge in [0.1, 0.15) is 15.8 Å². The van der Waals surface area contributed by atoms with Gasteiger partial charge in [-0.2, -0.15) is 0 Å². The van der Waals surface area contributed by atoms with Crippen LogP contribution < -0.4 is 0 Å². The second-order valence-corrected chi connectivity index (χ2v) is 6.98. The van der Waals surface area contributed by atoms with Crippen LogP contribution in [0.2, 0.25) is 5.02 Å². The maximum Gasteiger partial charge on any atom is 0.141 e. The fourth-order valence-electron chi connectivity index (χ4n) is 2.57. The van der Waals surface area contributed by atoms with Crippen LogP contribution in [0, 0.1) is 12.7 Å². The molecule has 0 radical (unpaired) electrons. The van der Waals surface area contributed by atoms with Crippen molar-refractivity contribution < 1.29 is 9.13 Å². The molecule has 118 valence electrons. The zero-order valence-corrected chi connectivity index (χ0v) is 14.0. The molecule has 1 aromatic heterocycles. The van der Waals surface area contributed by atoms with E-state index in [0.29, 0.717) is 6.61 Å². The van der Waals surface area contributed by atoms with Crippen molar-refractivity contribution in [2.75, 3.05) is 19.7 Å². The molecule has 0 bridgehead atoms. The number of rotatable bonds is 3. The van der Waals surface area contributed by atoms with Crippen LogP contribution in [0.15, 0.2) is 18.2 Å². The average Bonchev–Trinajstić information content (AvgIpc) is 2.96. The van der Waals surface area contributed by atoms with Gasteiger partial charge in [0.2, 0.25) is 0 Å². The van der Waals surface area contributed by atoms with Gasteiger partial charge in [0.15, 0.2) is 0 Å². The quantitative estimate of drug-likeness (QED) is 0.851. The van der Waals surface area contributed by atoms with E-state index in [0.717, 1.165) is 28.7 Å². The van der Waals surface area contributed by atoms with Gasteiger partial charge in [-0.15, -0.1) is 21.5 Å². The molecular weight excluding hydrogens is 325 g/mol. The lowest BCUT2D eigenvalue weighted by molar-refractivity contribution is -0.0432. The van der Waals surface area contributed by atoms with Crippen LogP contribution in [-0.4, -0.2) is 34.8 Å². The third-order valence-electron chi connectivity index (χ3n) is 3.86. The molecule has 3 rings (SSSR count). The Kier molecular flexibility index (Phi) is 4.73. The van der Waals surface area contributed by atoms with Crippen molar-refractivity contribution in [3.8, 4) is 0 Å². The van der Waals surface area contributed by atoms with Gasteiger partial charge < -0.3 is 4.74 Å². The molecule has 22 heavy (non-hydrogen) atoms. The number of ether oxygens (including phenoxy) is 1. The molecule has 7 heteroatoms. The summed E-state index contributed by atoms with van der Waals surface area (Å²) in [6, 6.07) is 4.95. The van der Waals surface area contributed by atoms with E-state index in [9.17, 15) is 4.39 Å². The summed E-state index contributed by atoms with van der Waals surface area (Å²) in [5, 5.41) is 10.4. The van der Waals surface area contributed by atoms with Crippen LogP contribution in [0.25, 0.3) is 0 Å². The van der Waals surface area contributed by atoms with Gasteiger partial charge in [0.25, 0.3) is 0 Å². The lowest BCUT2D eigenvalue weighted by atomic mass is 10.1. The minimum Gasteiger partial charge on any atom is -0.371 e. The Balaban J connectivity index is 1.74. The van der Waals surface area contributed by atoms with E-state index in [1.807, 2.05) is 6.92 Å². The lowest BCUT2D eigenvalue weighted by Crippen LogP contribution is -2.39. The van der Waals surface area contributed by atoms with E-state index in [2.05, 4.69) is 22.0 Å². The highest BCUT2D eigenvalue weighted by molar-refractivity contribution is 7.11. The molecule has 2 aromatic rings. The third kappa shape index (κ3) is 3.30. The summed E-state index contributed by atoms with van der Waals surface area (Å²) in [4.78, 5) is 2.31. The number of nitrogens with zero attached hydrogens (tertiary/aromatic N) is 3. The van der Waals surface area contributed by atoms with Crippen molar-refractivity contribution in [2.24, 2.45) is 0 Å². The summed E-state index contributed by atoms with van der Waals surface area (Å²) in [5.41, 5.74) is 0.900. The Hall–Kier alpha value is -1.08. The molecule has 1 aliphatic rings. The number of hydrogen-bond acceptors (Lipinski definition) is 5. The van der Waals surface area contributed by atoms with Crippen LogP contribution in [0.4, 0.5) is 4.39 Å². The molecule has 2 heterocycles. The van der Waals surface area contributed by atoms with Crippen LogP contribution in [0.3, 0.4) is 0 Å². The molecule has 4 nitrogen and oxygen atoms in total. The monoisotopic (exact) mass is 341 g/mol. The molecule has 0 aliphatic carbocycles. The summed E-state index contributed by atoms with van der Waals surface area (Å²) >= 11 is 7.49. The number of halogens is 2. The Morgan fingerprint density at radius 2 is 2.27 bits per heavy atom. The standard InChI is InChI=1S/C15H17ClFN3OS/c1-9(15-19-18-10(2)22-15)20-5-6-21-14(8-20)11-3-4-13(17)12(16)7-11/h3-4,7,9,14H,5-6,8H2,1-2H3/t9-,14-/m0/s1. The summed E-state index contributed by atoms with van der Waals surface area (Å²) in [6.07, 6.45) is -0.108. The first-order valence-corrected chi connectivity index (χ1v) is 8.34. The third-order valence-corrected chi connectivity index (χ3v) is 5.16. The first-order valence-electron chi connectivity index (χ1n) is 7.15. The van der Waals surface area contributed by atoms with Crippen LogP contribution in [-0.2, 0) is 4.74 Å². The van der Waals surface area contributed by atoms with Crippen molar-refractivity contribution in [2.45, 2.75) is 26.0 Å². The van der Waals surface area contributed by atoms with Crippen molar-refractivity contribution in [1.29, 1.82) is 0 Å². The smallest absolute Gasteiger partial charge is 0.141 e. The Bertz CT molecular complexity index is 666. The molecule has 0 spiro atoms. The van der Waals surface area contributed by atoms with E-state index < -0.39 is 5.82 Å². The second-order valence-electron chi connectivity index (χ2n) is 5.36. The number of hydrogen-bond donors (Lipinski definition) is 0. The summed E-state index contributed by atoms with van der Waals surface area (Å²) in [5.74, 6) is -0.407. The van der Waals surface area contributed by atoms with Crippen LogP contribution in [0.1, 0.15) is 34.6 Å². The molecule has 1 aliphatic heterocycles. The predicted molar refractivity (Wildman–Crippen MR) is 84.7 cm³/mol. The Labute approximate surface area is 137 Å². The van der Waals surface area contributed by atoms with Gasteiger partial charge in [-0.3, -0.25) is 4.90 Å². The van der Waals surface area contributed by atoms with Crippen molar-refractivity contribution >= 4 is 22.9 Å². The molecule has 0 N–H and O–H groups in total. The van der Waals surface area contributed by atoms with Crippen LogP contribution >= 0.6 is 22.9 Å². The van der Waals surface area contributed by atoms with Gasteiger partial charge in [-0.1, -0.05) is 17.7 Å². The van der Waals surface area contributed by atoms with Crippen molar-refractivity contribution in [3.05, 3.63) is 44.6 Å². The van der Waals surface area contributed by atoms with Gasteiger partial charge in [-0.05, 0) is 31.5 Å². The Morgan fingerprint density at radius 1 is 1.45 bits per heavy atom. The highest BCUT2D eigenvalue weighted by Gasteiger charge is 2.28. The van der Waals surface area contributed by atoms with Gasteiger partial charge in [-0.25, -0.2) is 4.39 Å². The summed E-state index contributed by atoms with van der Waals surface area (Å²) in [7, 11) is 0. The van der Waals surface area contributed by atoms with E-state index in [1.54, 1.807) is 23.5 Å². The highest BCUT2D eigenvalue weighted by atomic mass is 35.5. The maximum atomic E-state index is 13.3. The zero-order valence-electron chi connectivity index (χ0n) is 12.4. The number of aryl methyl sites for hydroxylation is 1. The second kappa shape index (κ2) is 6.58. The van der Waals surface area contributed by atoms with E-state index in [1.165, 1.54) is 6.07 Å². The van der Waals surface area contributed by atoms with E-state index >= 15 is 0 Å². The molecule has 1 fully saturated rings. The number of benzene rings is 1. The zero-order chi connectivity index (χ0) is 15.7. The topological polar surface area (TPSA) is 38.2 Å². The molecular formula is C15H17ClFN3OS. The van der Waals surface area contributed by atoms with Gasteiger partial charge in [0, 0.05) is 13.1 Å². The minimum atomic E-state index is -0.407. The first-order chi connectivity index (χ1) is 10.5. The average molecular weight is 342 g/mol. The van der Waals surface area contributed by atoms with Crippen molar-refractivity contribution in [1.82, 2.24) is 15.1 Å². The molecule has 1 aromatic carbocycles. The number of morpholine rings is 1. The summed E-state index contributed by atoms with van der Waals surface area (Å²) < 4.78 is 19.1. The molecule has 1 saturated heterocycles. The lowest BCUT2D eigenvalue weighted by Gasteiger charge is -2.36. The van der Waals surface area contributed by atoms with Crippen LogP contribution in [0.5, 0.6) is 0 Å². The fraction of sp³-hybridized carbons (Fsp3) is 0.467.